The van der Waals surface area contributed by atoms with Gasteiger partial charge in [-0.15, -0.1) is 0 Å². The van der Waals surface area contributed by atoms with E-state index < -0.39 is 0 Å². The lowest BCUT2D eigenvalue weighted by Gasteiger charge is -2.26. The van der Waals surface area contributed by atoms with Gasteiger partial charge in [-0.05, 0) is 6.92 Å². The second-order valence-electron chi connectivity index (χ2n) is 2.79. The maximum absolute atomic E-state index is 10.9. The second-order valence-corrected chi connectivity index (χ2v) is 2.79. The minimum atomic E-state index is -0.190. The fourth-order valence-corrected chi connectivity index (χ4v) is 1.09. The van der Waals surface area contributed by atoms with Gasteiger partial charge in [0.2, 0.25) is 0 Å². The topological polar surface area (TPSA) is 50.4 Å². The van der Waals surface area contributed by atoms with E-state index in [0.29, 0.717) is 12.6 Å². The number of nitrogens with one attached hydrogen (secondary N) is 2. The van der Waals surface area contributed by atoms with Crippen LogP contribution in [0, 0.1) is 0 Å². The van der Waals surface area contributed by atoms with Crippen LogP contribution in [-0.2, 0) is 9.53 Å². The molecule has 4 heteroatoms. The van der Waals surface area contributed by atoms with Crippen molar-refractivity contribution in [2.24, 2.45) is 0 Å². The van der Waals surface area contributed by atoms with E-state index in [2.05, 4.69) is 22.3 Å². The number of piperazine rings is 1. The SMILES string of the molecule is COC(=O)[C@H]1CN[C@@H](C)CN1. The molecule has 64 valence electrons. The van der Waals surface area contributed by atoms with Crippen LogP contribution in [0.15, 0.2) is 0 Å². The molecule has 0 radical (unpaired) electrons. The van der Waals surface area contributed by atoms with Gasteiger partial charge in [0.1, 0.15) is 6.04 Å². The molecule has 1 aliphatic heterocycles. The van der Waals surface area contributed by atoms with Crippen LogP contribution in [0.2, 0.25) is 0 Å². The van der Waals surface area contributed by atoms with Gasteiger partial charge >= 0.3 is 5.97 Å². The standard InChI is InChI=1S/C7H14N2O2/c1-5-3-9-6(4-8-5)7(10)11-2/h5-6,8-9H,3-4H2,1-2H3/t5-,6+/m0/s1. The maximum atomic E-state index is 10.9. The molecule has 1 fully saturated rings. The van der Waals surface area contributed by atoms with Gasteiger partial charge in [-0.2, -0.15) is 0 Å². The van der Waals surface area contributed by atoms with E-state index in [9.17, 15) is 4.79 Å². The van der Waals surface area contributed by atoms with E-state index >= 15 is 0 Å². The van der Waals surface area contributed by atoms with Crippen LogP contribution in [0.4, 0.5) is 0 Å². The van der Waals surface area contributed by atoms with Gasteiger partial charge in [0.25, 0.3) is 0 Å². The molecule has 0 aromatic carbocycles. The number of carbonyl (C=O) groups excluding carboxylic acids is 1. The van der Waals surface area contributed by atoms with Crippen molar-refractivity contribution in [1.29, 1.82) is 0 Å². The Morgan fingerprint density at radius 1 is 1.45 bits per heavy atom. The predicted octanol–water partition coefficient (Wildman–Crippen LogP) is -0.891. The van der Waals surface area contributed by atoms with Crippen LogP contribution in [-0.4, -0.2) is 38.3 Å². The fraction of sp³-hybridized carbons (Fsp3) is 0.857. The fourth-order valence-electron chi connectivity index (χ4n) is 1.09. The van der Waals surface area contributed by atoms with Gasteiger partial charge in [0, 0.05) is 19.1 Å². The average molecular weight is 158 g/mol. The maximum Gasteiger partial charge on any atom is 0.324 e. The molecule has 1 saturated heterocycles. The van der Waals surface area contributed by atoms with Crippen LogP contribution in [0.3, 0.4) is 0 Å². The molecule has 2 atom stereocenters. The van der Waals surface area contributed by atoms with Crippen LogP contribution in [0.1, 0.15) is 6.92 Å². The second kappa shape index (κ2) is 3.69. The molecule has 0 saturated carbocycles. The Kier molecular flexibility index (Phi) is 2.84. The first-order valence-corrected chi connectivity index (χ1v) is 3.78. The van der Waals surface area contributed by atoms with Gasteiger partial charge < -0.3 is 15.4 Å². The van der Waals surface area contributed by atoms with E-state index in [1.54, 1.807) is 0 Å². The zero-order valence-corrected chi connectivity index (χ0v) is 6.89. The van der Waals surface area contributed by atoms with Crippen LogP contribution in [0.5, 0.6) is 0 Å². The molecule has 0 aliphatic carbocycles. The first-order chi connectivity index (χ1) is 5.24. The summed E-state index contributed by atoms with van der Waals surface area (Å²) in [6.07, 6.45) is 0. The van der Waals surface area contributed by atoms with E-state index in [-0.39, 0.29) is 12.0 Å². The molecular weight excluding hydrogens is 144 g/mol. The third-order valence-electron chi connectivity index (χ3n) is 1.83. The van der Waals surface area contributed by atoms with Gasteiger partial charge in [-0.25, -0.2) is 0 Å². The Morgan fingerprint density at radius 3 is 2.64 bits per heavy atom. The number of esters is 1. The monoisotopic (exact) mass is 158 g/mol. The molecular formula is C7H14N2O2. The van der Waals surface area contributed by atoms with Crippen molar-refractivity contribution >= 4 is 5.97 Å². The van der Waals surface area contributed by atoms with Gasteiger partial charge in [-0.3, -0.25) is 4.79 Å². The molecule has 1 heterocycles. The smallest absolute Gasteiger partial charge is 0.324 e. The normalized spacial score (nSPS) is 31.5. The molecule has 0 spiro atoms. The summed E-state index contributed by atoms with van der Waals surface area (Å²) in [5, 5.41) is 6.27. The highest BCUT2D eigenvalue weighted by molar-refractivity contribution is 5.76. The highest BCUT2D eigenvalue weighted by Crippen LogP contribution is 1.94. The molecule has 0 aromatic heterocycles. The molecule has 0 bridgehead atoms. The molecule has 1 rings (SSSR count). The van der Waals surface area contributed by atoms with Crippen LogP contribution < -0.4 is 10.6 Å². The Hall–Kier alpha value is -0.610. The Bertz CT molecular complexity index is 141. The summed E-state index contributed by atoms with van der Waals surface area (Å²) in [6, 6.07) is 0.270. The molecule has 2 N–H and O–H groups in total. The van der Waals surface area contributed by atoms with Crippen molar-refractivity contribution in [1.82, 2.24) is 10.6 Å². The first-order valence-electron chi connectivity index (χ1n) is 3.78. The number of hydrogen-bond acceptors (Lipinski definition) is 4. The van der Waals surface area contributed by atoms with Crippen molar-refractivity contribution < 1.29 is 9.53 Å². The highest BCUT2D eigenvalue weighted by Gasteiger charge is 2.23. The van der Waals surface area contributed by atoms with Crippen LogP contribution >= 0.6 is 0 Å². The molecule has 1 aliphatic rings. The van der Waals surface area contributed by atoms with E-state index in [1.807, 2.05) is 0 Å². The number of ether oxygens (including phenoxy) is 1. The molecule has 0 unspecified atom stereocenters. The largest absolute Gasteiger partial charge is 0.468 e. The highest BCUT2D eigenvalue weighted by atomic mass is 16.5. The Morgan fingerprint density at radius 2 is 2.18 bits per heavy atom. The first kappa shape index (κ1) is 8.49. The molecule has 4 nitrogen and oxygen atoms in total. The average Bonchev–Trinajstić information content (AvgIpc) is 2.05. The summed E-state index contributed by atoms with van der Waals surface area (Å²) < 4.78 is 4.58. The summed E-state index contributed by atoms with van der Waals surface area (Å²) in [4.78, 5) is 10.9. The minimum Gasteiger partial charge on any atom is -0.468 e. The molecule has 0 amide bonds. The number of carbonyl (C=O) groups is 1. The lowest BCUT2D eigenvalue weighted by atomic mass is 10.2. The molecule has 11 heavy (non-hydrogen) atoms. The molecule has 0 aromatic rings. The zero-order chi connectivity index (χ0) is 8.27. The summed E-state index contributed by atoms with van der Waals surface area (Å²) in [7, 11) is 1.40. The Labute approximate surface area is 66.3 Å². The lowest BCUT2D eigenvalue weighted by molar-refractivity contribution is -0.143. The quantitative estimate of drug-likeness (QED) is 0.486. The Balaban J connectivity index is 2.33. The lowest BCUT2D eigenvalue weighted by Crippen LogP contribution is -2.56. The third kappa shape index (κ3) is 2.17. The number of methoxy groups -OCH3 is 1. The van der Waals surface area contributed by atoms with Gasteiger partial charge in [-0.1, -0.05) is 0 Å². The van der Waals surface area contributed by atoms with E-state index in [0.717, 1.165) is 6.54 Å². The third-order valence-corrected chi connectivity index (χ3v) is 1.83. The van der Waals surface area contributed by atoms with Crippen LogP contribution in [0.25, 0.3) is 0 Å². The van der Waals surface area contributed by atoms with E-state index in [1.165, 1.54) is 7.11 Å². The van der Waals surface area contributed by atoms with Gasteiger partial charge in [0.05, 0.1) is 7.11 Å². The zero-order valence-electron chi connectivity index (χ0n) is 6.89. The van der Waals surface area contributed by atoms with Crippen molar-refractivity contribution in [3.05, 3.63) is 0 Å². The summed E-state index contributed by atoms with van der Waals surface area (Å²) in [5.74, 6) is -0.190. The summed E-state index contributed by atoms with van der Waals surface area (Å²) in [5.41, 5.74) is 0. The number of hydrogen-bond donors (Lipinski definition) is 2. The van der Waals surface area contributed by atoms with Crippen molar-refractivity contribution in [3.8, 4) is 0 Å². The number of rotatable bonds is 1. The van der Waals surface area contributed by atoms with Crippen molar-refractivity contribution in [3.63, 3.8) is 0 Å². The van der Waals surface area contributed by atoms with Gasteiger partial charge in [0.15, 0.2) is 0 Å². The summed E-state index contributed by atoms with van der Waals surface area (Å²) >= 11 is 0. The van der Waals surface area contributed by atoms with E-state index in [4.69, 9.17) is 0 Å². The minimum absolute atomic E-state index is 0.170. The predicted molar refractivity (Wildman–Crippen MR) is 41.3 cm³/mol. The van der Waals surface area contributed by atoms with Crippen molar-refractivity contribution in [2.75, 3.05) is 20.2 Å². The van der Waals surface area contributed by atoms with Crippen molar-refractivity contribution in [2.45, 2.75) is 19.0 Å². The summed E-state index contributed by atoms with van der Waals surface area (Å²) in [6.45, 7) is 3.55.